The molecule has 4 heteroatoms. The maximum Gasteiger partial charge on any atom is 0.228 e. The summed E-state index contributed by atoms with van der Waals surface area (Å²) in [4.78, 5) is 16.6. The van der Waals surface area contributed by atoms with Crippen molar-refractivity contribution < 1.29 is 4.79 Å². The number of benzene rings is 1. The molecule has 0 spiro atoms. The summed E-state index contributed by atoms with van der Waals surface area (Å²) in [5.74, 6) is 0.443. The van der Waals surface area contributed by atoms with Gasteiger partial charge in [-0.05, 0) is 24.5 Å². The van der Waals surface area contributed by atoms with Crippen LogP contribution in [0.15, 0.2) is 24.3 Å². The van der Waals surface area contributed by atoms with Crippen molar-refractivity contribution in [1.82, 2.24) is 10.2 Å². The predicted octanol–water partition coefficient (Wildman–Crippen LogP) is 1.46. The number of hydrogen-bond acceptors (Lipinski definition) is 3. The second-order valence-electron chi connectivity index (χ2n) is 5.87. The number of nitrogens with zero attached hydrogens (tertiary/aromatic N) is 2. The second-order valence-corrected chi connectivity index (χ2v) is 5.87. The van der Waals surface area contributed by atoms with Gasteiger partial charge >= 0.3 is 0 Å². The Labute approximate surface area is 120 Å². The van der Waals surface area contributed by atoms with Crippen LogP contribution in [0.2, 0.25) is 0 Å². The Morgan fingerprint density at radius 1 is 1.30 bits per heavy atom. The molecule has 2 heterocycles. The molecule has 20 heavy (non-hydrogen) atoms. The largest absolute Gasteiger partial charge is 0.371 e. The molecule has 0 aliphatic carbocycles. The molecule has 2 aliphatic heterocycles. The number of para-hydroxylation sites is 1. The molecule has 0 bridgehead atoms. The lowest BCUT2D eigenvalue weighted by atomic mass is 10.0. The van der Waals surface area contributed by atoms with Crippen molar-refractivity contribution in [2.75, 3.05) is 38.1 Å². The van der Waals surface area contributed by atoms with Crippen LogP contribution in [0.5, 0.6) is 0 Å². The van der Waals surface area contributed by atoms with Gasteiger partial charge < -0.3 is 15.1 Å². The lowest BCUT2D eigenvalue weighted by Gasteiger charge is -2.31. The molecule has 108 valence electrons. The van der Waals surface area contributed by atoms with Crippen LogP contribution in [0, 0.1) is 5.92 Å². The lowest BCUT2D eigenvalue weighted by molar-refractivity contribution is -0.136. The molecule has 1 aromatic carbocycles. The normalized spacial score (nSPS) is 18.9. The summed E-state index contributed by atoms with van der Waals surface area (Å²) in [5.41, 5.74) is 2.56. The lowest BCUT2D eigenvalue weighted by Crippen LogP contribution is -2.51. The Morgan fingerprint density at radius 2 is 2.00 bits per heavy atom. The van der Waals surface area contributed by atoms with E-state index in [4.69, 9.17) is 0 Å². The van der Waals surface area contributed by atoms with Gasteiger partial charge in [-0.25, -0.2) is 0 Å². The van der Waals surface area contributed by atoms with Crippen molar-refractivity contribution >= 4 is 11.6 Å². The minimum Gasteiger partial charge on any atom is -0.371 e. The molecule has 0 saturated carbocycles. The summed E-state index contributed by atoms with van der Waals surface area (Å²) in [6.45, 7) is 4.65. The van der Waals surface area contributed by atoms with E-state index in [1.807, 2.05) is 11.9 Å². The molecule has 0 unspecified atom stereocenters. The Morgan fingerprint density at radius 3 is 2.65 bits per heavy atom. The molecule has 4 nitrogen and oxygen atoms in total. The summed E-state index contributed by atoms with van der Waals surface area (Å²) >= 11 is 0. The fraction of sp³-hybridized carbons (Fsp3) is 0.562. The van der Waals surface area contributed by atoms with Crippen molar-refractivity contribution in [3.05, 3.63) is 29.8 Å². The third-order valence-corrected chi connectivity index (χ3v) is 4.35. The van der Waals surface area contributed by atoms with Crippen LogP contribution in [-0.4, -0.2) is 44.0 Å². The molecule has 0 aromatic heterocycles. The van der Waals surface area contributed by atoms with E-state index in [0.29, 0.717) is 6.54 Å². The van der Waals surface area contributed by atoms with E-state index >= 15 is 0 Å². The topological polar surface area (TPSA) is 35.6 Å². The molecule has 3 rings (SSSR count). The summed E-state index contributed by atoms with van der Waals surface area (Å²) in [7, 11) is 1.92. The molecular weight excluding hydrogens is 250 g/mol. The number of rotatable bonds is 4. The van der Waals surface area contributed by atoms with Crippen LogP contribution in [-0.2, 0) is 11.3 Å². The summed E-state index contributed by atoms with van der Waals surface area (Å²) in [6.07, 6.45) is 2.55. The highest BCUT2D eigenvalue weighted by Crippen LogP contribution is 2.25. The van der Waals surface area contributed by atoms with Crippen LogP contribution >= 0.6 is 0 Å². The van der Waals surface area contributed by atoms with E-state index < -0.39 is 0 Å². The minimum atomic E-state index is 0.180. The van der Waals surface area contributed by atoms with Gasteiger partial charge in [-0.1, -0.05) is 18.2 Å². The summed E-state index contributed by atoms with van der Waals surface area (Å²) in [6, 6.07) is 8.49. The van der Waals surface area contributed by atoms with Crippen LogP contribution in [0.1, 0.15) is 18.4 Å². The van der Waals surface area contributed by atoms with Crippen molar-refractivity contribution in [3.8, 4) is 0 Å². The van der Waals surface area contributed by atoms with Gasteiger partial charge in [0, 0.05) is 45.5 Å². The van der Waals surface area contributed by atoms with E-state index in [1.54, 1.807) is 0 Å². The second kappa shape index (κ2) is 5.83. The number of hydrogen-bond donors (Lipinski definition) is 1. The zero-order valence-corrected chi connectivity index (χ0v) is 12.1. The fourth-order valence-corrected chi connectivity index (χ4v) is 3.02. The zero-order chi connectivity index (χ0) is 13.9. The molecular formula is C16H23N3O. The van der Waals surface area contributed by atoms with Crippen LogP contribution in [0.4, 0.5) is 5.69 Å². The third kappa shape index (κ3) is 2.66. The first-order chi connectivity index (χ1) is 9.75. The quantitative estimate of drug-likeness (QED) is 0.902. The summed E-state index contributed by atoms with van der Waals surface area (Å²) < 4.78 is 0. The molecule has 1 N–H and O–H groups in total. The Bertz CT molecular complexity index is 478. The average molecular weight is 273 g/mol. The van der Waals surface area contributed by atoms with E-state index in [1.165, 1.54) is 24.1 Å². The van der Waals surface area contributed by atoms with Gasteiger partial charge in [0.05, 0.1) is 5.92 Å². The van der Waals surface area contributed by atoms with Crippen LogP contribution in [0.25, 0.3) is 0 Å². The Kier molecular flexibility index (Phi) is 3.92. The summed E-state index contributed by atoms with van der Waals surface area (Å²) in [5, 5.41) is 3.16. The maximum atomic E-state index is 12.2. The van der Waals surface area contributed by atoms with Gasteiger partial charge in [0.25, 0.3) is 0 Å². The Hall–Kier alpha value is -1.55. The minimum absolute atomic E-state index is 0.180. The Balaban J connectivity index is 1.71. The van der Waals surface area contributed by atoms with Crippen molar-refractivity contribution in [1.29, 1.82) is 0 Å². The highest BCUT2D eigenvalue weighted by atomic mass is 16.2. The van der Waals surface area contributed by atoms with Crippen LogP contribution in [0.3, 0.4) is 0 Å². The van der Waals surface area contributed by atoms with Gasteiger partial charge in [-0.15, -0.1) is 0 Å². The van der Waals surface area contributed by atoms with Crippen molar-refractivity contribution in [3.63, 3.8) is 0 Å². The first kappa shape index (κ1) is 13.4. The standard InChI is InChI=1S/C16H23N3O/c1-18(16(20)14-10-17-11-14)12-13-6-2-3-7-15(13)19-8-4-5-9-19/h2-3,6-7,14,17H,4-5,8-12H2,1H3. The SMILES string of the molecule is CN(Cc1ccccc1N1CCCC1)C(=O)C1CNC1. The van der Waals surface area contributed by atoms with E-state index in [-0.39, 0.29) is 11.8 Å². The zero-order valence-electron chi connectivity index (χ0n) is 12.1. The van der Waals surface area contributed by atoms with Gasteiger partial charge in [0.2, 0.25) is 5.91 Å². The molecule has 1 aromatic rings. The third-order valence-electron chi connectivity index (χ3n) is 4.35. The van der Waals surface area contributed by atoms with Crippen LogP contribution < -0.4 is 10.2 Å². The molecule has 1 amide bonds. The number of carbonyl (C=O) groups excluding carboxylic acids is 1. The van der Waals surface area contributed by atoms with Gasteiger partial charge in [-0.2, -0.15) is 0 Å². The molecule has 2 aliphatic rings. The molecule has 2 fully saturated rings. The van der Waals surface area contributed by atoms with E-state index in [0.717, 1.165) is 26.2 Å². The smallest absolute Gasteiger partial charge is 0.228 e. The molecule has 2 saturated heterocycles. The maximum absolute atomic E-state index is 12.2. The fourth-order valence-electron chi connectivity index (χ4n) is 3.02. The number of amides is 1. The molecule has 0 radical (unpaired) electrons. The number of anilines is 1. The monoisotopic (exact) mass is 273 g/mol. The van der Waals surface area contributed by atoms with Gasteiger partial charge in [0.1, 0.15) is 0 Å². The first-order valence-corrected chi connectivity index (χ1v) is 7.54. The number of nitrogens with one attached hydrogen (secondary N) is 1. The number of carbonyl (C=O) groups is 1. The highest BCUT2D eigenvalue weighted by Gasteiger charge is 2.28. The first-order valence-electron chi connectivity index (χ1n) is 7.54. The van der Waals surface area contributed by atoms with Crippen molar-refractivity contribution in [2.45, 2.75) is 19.4 Å². The highest BCUT2D eigenvalue weighted by molar-refractivity contribution is 5.80. The molecule has 0 atom stereocenters. The average Bonchev–Trinajstić information content (AvgIpc) is 2.91. The van der Waals surface area contributed by atoms with E-state index in [9.17, 15) is 4.79 Å². The van der Waals surface area contributed by atoms with Gasteiger partial charge in [0.15, 0.2) is 0 Å². The van der Waals surface area contributed by atoms with Gasteiger partial charge in [-0.3, -0.25) is 4.79 Å². The predicted molar refractivity (Wildman–Crippen MR) is 80.7 cm³/mol. The van der Waals surface area contributed by atoms with E-state index in [2.05, 4.69) is 34.5 Å². The van der Waals surface area contributed by atoms with Crippen molar-refractivity contribution in [2.24, 2.45) is 5.92 Å².